The zero-order chi connectivity index (χ0) is 23.4. The first kappa shape index (κ1) is 23.1. The molecule has 3 aromatic rings. The van der Waals surface area contributed by atoms with Gasteiger partial charge >= 0.3 is 0 Å². The summed E-state index contributed by atoms with van der Waals surface area (Å²) in [6.07, 6.45) is 2.64. The second-order valence-electron chi connectivity index (χ2n) is 8.60. The maximum absolute atomic E-state index is 13.8. The summed E-state index contributed by atoms with van der Waals surface area (Å²) in [4.78, 5) is 24.1. The van der Waals surface area contributed by atoms with E-state index in [2.05, 4.69) is 25.5 Å². The fourth-order valence-corrected chi connectivity index (χ4v) is 4.14. The van der Waals surface area contributed by atoms with Crippen molar-refractivity contribution in [1.29, 1.82) is 0 Å². The molecule has 1 aromatic carbocycles. The molecule has 4 rings (SSSR count). The highest BCUT2D eigenvalue weighted by molar-refractivity contribution is 6.01. The van der Waals surface area contributed by atoms with Gasteiger partial charge in [0.25, 0.3) is 0 Å². The molecule has 2 aromatic heterocycles. The molecular formula is C24H31FN6O2. The number of Topliss-reactive ketones (excluding diaryl/α,β-unsaturated/α-hetero) is 1. The standard InChI is InChI=1S/C24H31FN6O2/c1-16(2)33-22-13-17(25)6-7-18(22)29-24-23-19(27-15-28-24)14-20(30(23)3)21(32)5-4-10-31-11-8-26-9-12-31/h6-7,13-16,26H,4-5,8-12H2,1-3H3,(H,27,28,29). The predicted molar refractivity (Wildman–Crippen MR) is 127 cm³/mol. The Hall–Kier alpha value is -3.04. The molecule has 1 aliphatic rings. The van der Waals surface area contributed by atoms with Crippen molar-refractivity contribution in [3.63, 3.8) is 0 Å². The van der Waals surface area contributed by atoms with Gasteiger partial charge in [-0.15, -0.1) is 0 Å². The molecule has 3 heterocycles. The number of anilines is 2. The number of ketones is 1. The number of hydrogen-bond donors (Lipinski definition) is 2. The van der Waals surface area contributed by atoms with Crippen LogP contribution in [0.15, 0.2) is 30.6 Å². The van der Waals surface area contributed by atoms with E-state index in [1.165, 1.54) is 18.5 Å². The first-order chi connectivity index (χ1) is 15.9. The van der Waals surface area contributed by atoms with E-state index in [0.29, 0.717) is 40.4 Å². The lowest BCUT2D eigenvalue weighted by molar-refractivity contribution is 0.0966. The van der Waals surface area contributed by atoms with Crippen LogP contribution < -0.4 is 15.4 Å². The molecule has 1 saturated heterocycles. The third kappa shape index (κ3) is 5.48. The first-order valence-corrected chi connectivity index (χ1v) is 11.4. The summed E-state index contributed by atoms with van der Waals surface area (Å²) in [7, 11) is 1.84. The Balaban J connectivity index is 1.54. The van der Waals surface area contributed by atoms with E-state index >= 15 is 0 Å². The Morgan fingerprint density at radius 1 is 1.24 bits per heavy atom. The molecule has 0 amide bonds. The van der Waals surface area contributed by atoms with Crippen LogP contribution in [-0.2, 0) is 7.05 Å². The fourth-order valence-electron chi connectivity index (χ4n) is 4.14. The third-order valence-electron chi connectivity index (χ3n) is 5.75. The Kier molecular flexibility index (Phi) is 7.20. The van der Waals surface area contributed by atoms with Gasteiger partial charge in [-0.25, -0.2) is 14.4 Å². The van der Waals surface area contributed by atoms with Crippen LogP contribution in [0.2, 0.25) is 0 Å². The number of ether oxygens (including phenoxy) is 1. The van der Waals surface area contributed by atoms with E-state index in [9.17, 15) is 9.18 Å². The lowest BCUT2D eigenvalue weighted by atomic mass is 10.1. The number of hydrogen-bond acceptors (Lipinski definition) is 7. The van der Waals surface area contributed by atoms with Gasteiger partial charge in [-0.3, -0.25) is 4.79 Å². The zero-order valence-corrected chi connectivity index (χ0v) is 19.4. The maximum Gasteiger partial charge on any atom is 0.179 e. The fraction of sp³-hybridized carbons (Fsp3) is 0.458. The molecule has 0 bridgehead atoms. The lowest BCUT2D eigenvalue weighted by Crippen LogP contribution is -2.43. The predicted octanol–water partition coefficient (Wildman–Crippen LogP) is 3.51. The number of nitrogens with zero attached hydrogens (tertiary/aromatic N) is 4. The highest BCUT2D eigenvalue weighted by atomic mass is 19.1. The maximum atomic E-state index is 13.8. The molecule has 0 aliphatic carbocycles. The molecule has 0 atom stereocenters. The van der Waals surface area contributed by atoms with Crippen LogP contribution in [0.4, 0.5) is 15.9 Å². The second kappa shape index (κ2) is 10.3. The minimum absolute atomic E-state index is 0.0854. The number of carbonyl (C=O) groups excluding carboxylic acids is 1. The quantitative estimate of drug-likeness (QED) is 0.479. The van der Waals surface area contributed by atoms with E-state index in [1.807, 2.05) is 31.5 Å². The number of halogens is 1. The summed E-state index contributed by atoms with van der Waals surface area (Å²) in [5.41, 5.74) is 2.58. The van der Waals surface area contributed by atoms with Crippen molar-refractivity contribution < 1.29 is 13.9 Å². The Morgan fingerprint density at radius 3 is 2.79 bits per heavy atom. The Bertz CT molecular complexity index is 1120. The van der Waals surface area contributed by atoms with Crippen molar-refractivity contribution in [3.05, 3.63) is 42.1 Å². The Morgan fingerprint density at radius 2 is 2.03 bits per heavy atom. The number of benzene rings is 1. The van der Waals surface area contributed by atoms with Crippen molar-refractivity contribution in [3.8, 4) is 5.75 Å². The van der Waals surface area contributed by atoms with Gasteiger partial charge in [0.1, 0.15) is 23.4 Å². The van der Waals surface area contributed by atoms with E-state index in [1.54, 1.807) is 6.07 Å². The smallest absolute Gasteiger partial charge is 0.179 e. The zero-order valence-electron chi connectivity index (χ0n) is 19.4. The molecule has 1 aliphatic heterocycles. The molecular weight excluding hydrogens is 423 g/mol. The van der Waals surface area contributed by atoms with Crippen LogP contribution in [0, 0.1) is 5.82 Å². The van der Waals surface area contributed by atoms with E-state index in [4.69, 9.17) is 4.74 Å². The number of aromatic nitrogens is 3. The average molecular weight is 455 g/mol. The summed E-state index contributed by atoms with van der Waals surface area (Å²) < 4.78 is 21.4. The van der Waals surface area contributed by atoms with Gasteiger partial charge in [0.15, 0.2) is 11.6 Å². The highest BCUT2D eigenvalue weighted by Gasteiger charge is 2.19. The molecule has 8 nitrogen and oxygen atoms in total. The SMILES string of the molecule is CC(C)Oc1cc(F)ccc1Nc1ncnc2cc(C(=O)CCCN3CCNCC3)n(C)c12. The van der Waals surface area contributed by atoms with Gasteiger partial charge in [-0.2, -0.15) is 0 Å². The van der Waals surface area contributed by atoms with E-state index in [-0.39, 0.29) is 17.7 Å². The van der Waals surface area contributed by atoms with Crippen LogP contribution in [0.1, 0.15) is 37.2 Å². The molecule has 0 spiro atoms. The normalized spacial score (nSPS) is 14.7. The minimum atomic E-state index is -0.378. The van der Waals surface area contributed by atoms with Crippen molar-refractivity contribution in [2.45, 2.75) is 32.8 Å². The molecule has 33 heavy (non-hydrogen) atoms. The van der Waals surface area contributed by atoms with Gasteiger partial charge in [0, 0.05) is 45.7 Å². The summed E-state index contributed by atoms with van der Waals surface area (Å²) in [6, 6.07) is 6.14. The summed E-state index contributed by atoms with van der Waals surface area (Å²) in [5, 5.41) is 6.58. The molecule has 1 fully saturated rings. The number of nitrogens with one attached hydrogen (secondary N) is 2. The lowest BCUT2D eigenvalue weighted by Gasteiger charge is -2.26. The number of piperazine rings is 1. The molecule has 0 saturated carbocycles. The van der Waals surface area contributed by atoms with Gasteiger partial charge in [0.2, 0.25) is 0 Å². The van der Waals surface area contributed by atoms with Gasteiger partial charge in [-0.1, -0.05) is 0 Å². The topological polar surface area (TPSA) is 84.3 Å². The monoisotopic (exact) mass is 454 g/mol. The highest BCUT2D eigenvalue weighted by Crippen LogP contribution is 2.32. The van der Waals surface area contributed by atoms with E-state index in [0.717, 1.165) is 39.1 Å². The summed E-state index contributed by atoms with van der Waals surface area (Å²) in [5.74, 6) is 0.636. The van der Waals surface area contributed by atoms with Crippen LogP contribution in [0.25, 0.3) is 11.0 Å². The van der Waals surface area contributed by atoms with Crippen molar-refractivity contribution >= 4 is 28.3 Å². The second-order valence-corrected chi connectivity index (χ2v) is 8.60. The number of carbonyl (C=O) groups is 1. The van der Waals surface area contributed by atoms with Crippen molar-refractivity contribution in [1.82, 2.24) is 24.8 Å². The third-order valence-corrected chi connectivity index (χ3v) is 5.75. The van der Waals surface area contributed by atoms with Gasteiger partial charge in [0.05, 0.1) is 23.0 Å². The molecule has 0 radical (unpaired) electrons. The van der Waals surface area contributed by atoms with Gasteiger partial charge < -0.3 is 24.8 Å². The Labute approximate surface area is 193 Å². The largest absolute Gasteiger partial charge is 0.489 e. The van der Waals surface area contributed by atoms with Crippen molar-refractivity contribution in [2.75, 3.05) is 38.0 Å². The molecule has 2 N–H and O–H groups in total. The number of rotatable bonds is 9. The molecule has 9 heteroatoms. The minimum Gasteiger partial charge on any atom is -0.489 e. The average Bonchev–Trinajstić information content (AvgIpc) is 3.13. The van der Waals surface area contributed by atoms with Crippen molar-refractivity contribution in [2.24, 2.45) is 7.05 Å². The molecule has 176 valence electrons. The number of fused-ring (bicyclic) bond motifs is 1. The van der Waals surface area contributed by atoms with Gasteiger partial charge in [-0.05, 0) is 45.0 Å². The summed E-state index contributed by atoms with van der Waals surface area (Å²) in [6.45, 7) is 8.75. The first-order valence-electron chi connectivity index (χ1n) is 11.4. The summed E-state index contributed by atoms with van der Waals surface area (Å²) >= 11 is 0. The van der Waals surface area contributed by atoms with Crippen LogP contribution in [-0.4, -0.2) is 64.0 Å². The van der Waals surface area contributed by atoms with Crippen LogP contribution in [0.5, 0.6) is 5.75 Å². The van der Waals surface area contributed by atoms with E-state index < -0.39 is 0 Å². The van der Waals surface area contributed by atoms with Crippen LogP contribution in [0.3, 0.4) is 0 Å². The molecule has 0 unspecified atom stereocenters. The number of aryl methyl sites for hydroxylation is 1. The van der Waals surface area contributed by atoms with Crippen LogP contribution >= 0.6 is 0 Å².